The van der Waals surface area contributed by atoms with Gasteiger partial charge >= 0.3 is 0 Å². The first-order valence-electron chi connectivity index (χ1n) is 3.87. The Labute approximate surface area is 70.1 Å². The lowest BCUT2D eigenvalue weighted by Gasteiger charge is -1.89. The van der Waals surface area contributed by atoms with Gasteiger partial charge in [0.25, 0.3) is 0 Å². The zero-order valence-corrected chi connectivity index (χ0v) is 7.28. The van der Waals surface area contributed by atoms with Crippen LogP contribution in [0.15, 0.2) is 11.4 Å². The lowest BCUT2D eigenvalue weighted by atomic mass is 10.1. The topological polar surface area (TPSA) is 17.1 Å². The molecule has 1 aliphatic rings. The molecule has 0 saturated heterocycles. The first-order valence-corrected chi connectivity index (χ1v) is 4.74. The number of Topliss-reactive ketones (excluding diaryl/α,β-unsaturated/α-hetero) is 1. The molecule has 0 aromatic carbocycles. The number of ketones is 1. The van der Waals surface area contributed by atoms with Gasteiger partial charge in [-0.1, -0.05) is 0 Å². The summed E-state index contributed by atoms with van der Waals surface area (Å²) in [6, 6.07) is 1.99. The van der Waals surface area contributed by atoms with Crippen LogP contribution in [0, 0.1) is 12.8 Å². The van der Waals surface area contributed by atoms with Gasteiger partial charge in [-0.3, -0.25) is 4.79 Å². The maximum atomic E-state index is 11.4. The summed E-state index contributed by atoms with van der Waals surface area (Å²) in [6.45, 7) is 2.04. The van der Waals surface area contributed by atoms with Crippen LogP contribution in [0.2, 0.25) is 0 Å². The zero-order valence-electron chi connectivity index (χ0n) is 6.46. The molecule has 2 heteroatoms. The molecule has 2 rings (SSSR count). The van der Waals surface area contributed by atoms with Gasteiger partial charge in [0.2, 0.25) is 0 Å². The second kappa shape index (κ2) is 2.45. The summed E-state index contributed by atoms with van der Waals surface area (Å²) in [5.74, 6) is 0.721. The molecule has 58 valence electrons. The predicted octanol–water partition coefficient (Wildman–Crippen LogP) is 2.65. The summed E-state index contributed by atoms with van der Waals surface area (Å²) in [5.41, 5.74) is 0.926. The van der Waals surface area contributed by atoms with Crippen molar-refractivity contribution >= 4 is 17.1 Å². The molecule has 1 saturated carbocycles. The summed E-state index contributed by atoms with van der Waals surface area (Å²) in [7, 11) is 0. The van der Waals surface area contributed by atoms with E-state index in [1.54, 1.807) is 11.3 Å². The maximum Gasteiger partial charge on any atom is 0.166 e. The van der Waals surface area contributed by atoms with Crippen molar-refractivity contribution in [1.82, 2.24) is 0 Å². The Morgan fingerprint density at radius 3 is 2.82 bits per heavy atom. The molecule has 1 aromatic heterocycles. The third kappa shape index (κ3) is 1.36. The first-order chi connectivity index (χ1) is 5.27. The summed E-state index contributed by atoms with van der Waals surface area (Å²) in [6.07, 6.45) is 2.21. The number of aryl methyl sites for hydroxylation is 1. The molecule has 0 radical (unpaired) electrons. The summed E-state index contributed by atoms with van der Waals surface area (Å²) >= 11 is 1.66. The Kier molecular flexibility index (Phi) is 1.57. The van der Waals surface area contributed by atoms with E-state index in [0.717, 1.165) is 18.4 Å². The Morgan fingerprint density at radius 1 is 1.64 bits per heavy atom. The predicted molar refractivity (Wildman–Crippen MR) is 46.1 cm³/mol. The molecule has 1 aliphatic carbocycles. The van der Waals surface area contributed by atoms with E-state index < -0.39 is 0 Å². The monoisotopic (exact) mass is 166 g/mol. The van der Waals surface area contributed by atoms with Crippen molar-refractivity contribution in [3.8, 4) is 0 Å². The van der Waals surface area contributed by atoms with E-state index in [1.807, 2.05) is 18.4 Å². The first kappa shape index (κ1) is 7.04. The number of hydrogen-bond acceptors (Lipinski definition) is 2. The van der Waals surface area contributed by atoms with Crippen LogP contribution in [-0.2, 0) is 0 Å². The SMILES string of the molecule is Cc1cc(C(=O)C2CC2)cs1. The number of rotatable bonds is 2. The molecule has 0 amide bonds. The van der Waals surface area contributed by atoms with Crippen LogP contribution in [0.3, 0.4) is 0 Å². The highest BCUT2D eigenvalue weighted by Gasteiger charge is 2.30. The average Bonchev–Trinajstić information content (AvgIpc) is 2.74. The van der Waals surface area contributed by atoms with Crippen LogP contribution >= 0.6 is 11.3 Å². The van der Waals surface area contributed by atoms with E-state index in [2.05, 4.69) is 0 Å². The highest BCUT2D eigenvalue weighted by molar-refractivity contribution is 7.10. The molecule has 1 fully saturated rings. The van der Waals surface area contributed by atoms with Crippen molar-refractivity contribution < 1.29 is 4.79 Å². The van der Waals surface area contributed by atoms with E-state index in [9.17, 15) is 4.79 Å². The van der Waals surface area contributed by atoms with Crippen LogP contribution in [0.25, 0.3) is 0 Å². The van der Waals surface area contributed by atoms with E-state index in [1.165, 1.54) is 4.88 Å². The summed E-state index contributed by atoms with van der Waals surface area (Å²) < 4.78 is 0. The quantitative estimate of drug-likeness (QED) is 0.617. The van der Waals surface area contributed by atoms with Crippen LogP contribution in [-0.4, -0.2) is 5.78 Å². The second-order valence-corrected chi connectivity index (χ2v) is 4.20. The zero-order chi connectivity index (χ0) is 7.84. The van der Waals surface area contributed by atoms with E-state index in [0.29, 0.717) is 11.7 Å². The molecule has 0 unspecified atom stereocenters. The average molecular weight is 166 g/mol. The number of carbonyl (C=O) groups excluding carboxylic acids is 1. The third-order valence-corrected chi connectivity index (χ3v) is 2.82. The summed E-state index contributed by atoms with van der Waals surface area (Å²) in [4.78, 5) is 12.7. The minimum absolute atomic E-state index is 0.356. The highest BCUT2D eigenvalue weighted by atomic mass is 32.1. The van der Waals surface area contributed by atoms with Crippen LogP contribution < -0.4 is 0 Å². The van der Waals surface area contributed by atoms with Gasteiger partial charge in [-0.05, 0) is 25.8 Å². The van der Waals surface area contributed by atoms with Gasteiger partial charge in [0.15, 0.2) is 5.78 Å². The van der Waals surface area contributed by atoms with Gasteiger partial charge in [0.1, 0.15) is 0 Å². The Hall–Kier alpha value is -0.630. The molecular formula is C9H10OS. The van der Waals surface area contributed by atoms with Gasteiger partial charge in [0.05, 0.1) is 0 Å². The Balaban J connectivity index is 2.21. The Morgan fingerprint density at radius 2 is 2.36 bits per heavy atom. The highest BCUT2D eigenvalue weighted by Crippen LogP contribution is 2.33. The molecular weight excluding hydrogens is 156 g/mol. The van der Waals surface area contributed by atoms with Crippen molar-refractivity contribution in [2.75, 3.05) is 0 Å². The Bertz CT molecular complexity index is 284. The second-order valence-electron chi connectivity index (χ2n) is 3.08. The van der Waals surface area contributed by atoms with Crippen molar-refractivity contribution in [2.45, 2.75) is 19.8 Å². The van der Waals surface area contributed by atoms with Gasteiger partial charge < -0.3 is 0 Å². The largest absolute Gasteiger partial charge is 0.294 e. The molecule has 0 aliphatic heterocycles. The minimum atomic E-state index is 0.356. The standard InChI is InChI=1S/C9H10OS/c1-6-4-8(5-11-6)9(10)7-2-3-7/h4-5,7H,2-3H2,1H3. The van der Waals surface area contributed by atoms with E-state index >= 15 is 0 Å². The van der Waals surface area contributed by atoms with Crippen LogP contribution in [0.1, 0.15) is 28.1 Å². The fraction of sp³-hybridized carbons (Fsp3) is 0.444. The van der Waals surface area contributed by atoms with Crippen molar-refractivity contribution in [1.29, 1.82) is 0 Å². The van der Waals surface area contributed by atoms with Crippen molar-refractivity contribution in [3.05, 3.63) is 21.9 Å². The number of carbonyl (C=O) groups is 1. The molecule has 1 aromatic rings. The molecule has 0 spiro atoms. The molecule has 0 bridgehead atoms. The van der Waals surface area contributed by atoms with Crippen molar-refractivity contribution in [2.24, 2.45) is 5.92 Å². The van der Waals surface area contributed by atoms with E-state index in [-0.39, 0.29) is 0 Å². The smallest absolute Gasteiger partial charge is 0.166 e. The van der Waals surface area contributed by atoms with Crippen LogP contribution in [0.5, 0.6) is 0 Å². The third-order valence-electron chi connectivity index (χ3n) is 1.96. The lowest BCUT2D eigenvalue weighted by Crippen LogP contribution is -1.98. The van der Waals surface area contributed by atoms with E-state index in [4.69, 9.17) is 0 Å². The normalized spacial score (nSPS) is 16.8. The van der Waals surface area contributed by atoms with Crippen molar-refractivity contribution in [3.63, 3.8) is 0 Å². The molecule has 1 heterocycles. The van der Waals surface area contributed by atoms with Crippen LogP contribution in [0.4, 0.5) is 0 Å². The minimum Gasteiger partial charge on any atom is -0.294 e. The molecule has 0 atom stereocenters. The number of hydrogen-bond donors (Lipinski definition) is 0. The van der Waals surface area contributed by atoms with Gasteiger partial charge in [-0.25, -0.2) is 0 Å². The summed E-state index contributed by atoms with van der Waals surface area (Å²) in [5, 5.41) is 1.97. The molecule has 0 N–H and O–H groups in total. The van der Waals surface area contributed by atoms with Gasteiger partial charge in [-0.2, -0.15) is 0 Å². The number of thiophene rings is 1. The fourth-order valence-electron chi connectivity index (χ4n) is 1.15. The maximum absolute atomic E-state index is 11.4. The van der Waals surface area contributed by atoms with Gasteiger partial charge in [0, 0.05) is 21.7 Å². The fourth-order valence-corrected chi connectivity index (χ4v) is 1.85. The molecule has 11 heavy (non-hydrogen) atoms. The lowest BCUT2D eigenvalue weighted by molar-refractivity contribution is 0.0968. The molecule has 1 nitrogen and oxygen atoms in total. The van der Waals surface area contributed by atoms with Gasteiger partial charge in [-0.15, -0.1) is 11.3 Å².